The molecule has 2 aromatic heterocycles. The number of nitrogens with one attached hydrogen (secondary N) is 1. The average molecular weight is 535 g/mol. The zero-order chi connectivity index (χ0) is 26.6. The molecule has 0 aliphatic carbocycles. The van der Waals surface area contributed by atoms with E-state index in [0.717, 1.165) is 32.3 Å². The molecule has 0 unspecified atom stereocenters. The maximum atomic E-state index is 11.8. The maximum absolute atomic E-state index is 11.8. The van der Waals surface area contributed by atoms with Gasteiger partial charge in [0.25, 0.3) is 0 Å². The van der Waals surface area contributed by atoms with Gasteiger partial charge in [-0.05, 0) is 60.5 Å². The van der Waals surface area contributed by atoms with Gasteiger partial charge in [-0.3, -0.25) is 4.79 Å². The first-order valence-electron chi connectivity index (χ1n) is 10.4. The molecule has 36 heavy (non-hydrogen) atoms. The van der Waals surface area contributed by atoms with Crippen LogP contribution in [0.25, 0.3) is 22.3 Å². The van der Waals surface area contributed by atoms with Crippen molar-refractivity contribution in [3.05, 3.63) is 64.0 Å². The fourth-order valence-electron chi connectivity index (χ4n) is 3.42. The standard InChI is InChI=1S/C24H22N2O4S.ClHO4/c1-13-6-8-19-17(10-13)18(25-24-26-23(14(2)27)15(3)31-24)12-21(30-19)16-7-9-20(28-4)22(11-16)29-5;2-1(3,4)5/h6-12H,1-5H3;(H,2,3,4,5)/b25-18+;. The molecule has 0 aliphatic heterocycles. The molecule has 0 spiro atoms. The van der Waals surface area contributed by atoms with Crippen LogP contribution in [-0.4, -0.2) is 20.0 Å². The fraction of sp³-hybridized carbons (Fsp3) is 0.208. The molecule has 0 bridgehead atoms. The number of carbonyl (C=O) groups excluding carboxylic acids is 1. The van der Waals surface area contributed by atoms with Crippen LogP contribution in [0.4, 0.5) is 5.13 Å². The number of aromatic nitrogens is 1. The number of fused-ring (bicyclic) bond motifs is 1. The number of hydrogen-bond acceptors (Lipinski definition) is 10. The van der Waals surface area contributed by atoms with Gasteiger partial charge in [-0.25, -0.2) is 23.6 Å². The zero-order valence-corrected chi connectivity index (χ0v) is 21.6. The molecule has 0 fully saturated rings. The zero-order valence-electron chi connectivity index (χ0n) is 20.0. The summed E-state index contributed by atoms with van der Waals surface area (Å²) >= 11 is 1.45. The first-order valence-corrected chi connectivity index (χ1v) is 12.4. The van der Waals surface area contributed by atoms with Crippen molar-refractivity contribution in [2.45, 2.75) is 20.8 Å². The lowest BCUT2D eigenvalue weighted by Crippen LogP contribution is -2.68. The highest BCUT2D eigenvalue weighted by molar-refractivity contribution is 7.15. The normalized spacial score (nSPS) is 11.8. The summed E-state index contributed by atoms with van der Waals surface area (Å²) in [5, 5.41) is 2.31. The Morgan fingerprint density at radius 1 is 1.00 bits per heavy atom. The van der Waals surface area contributed by atoms with Gasteiger partial charge in [0.15, 0.2) is 28.3 Å². The van der Waals surface area contributed by atoms with Crippen molar-refractivity contribution in [3.8, 4) is 22.8 Å². The van der Waals surface area contributed by atoms with Gasteiger partial charge in [0.05, 0.1) is 24.5 Å². The van der Waals surface area contributed by atoms with Gasteiger partial charge in [0.1, 0.15) is 11.3 Å². The van der Waals surface area contributed by atoms with Crippen LogP contribution in [0.15, 0.2) is 51.9 Å². The van der Waals surface area contributed by atoms with Gasteiger partial charge in [0.2, 0.25) is 0 Å². The number of aromatic amines is 1. The van der Waals surface area contributed by atoms with Gasteiger partial charge < -0.3 is 13.9 Å². The van der Waals surface area contributed by atoms with Crippen LogP contribution in [-0.2, 0) is 0 Å². The lowest BCUT2D eigenvalue weighted by Gasteiger charge is -2.17. The number of methoxy groups -OCH3 is 2. The molecule has 2 heterocycles. The van der Waals surface area contributed by atoms with E-state index in [1.54, 1.807) is 21.1 Å². The number of thiazole rings is 1. The highest BCUT2D eigenvalue weighted by Crippen LogP contribution is 2.33. The van der Waals surface area contributed by atoms with Crippen molar-refractivity contribution >= 4 is 33.2 Å². The highest BCUT2D eigenvalue weighted by Gasteiger charge is 2.18. The first-order chi connectivity index (χ1) is 16.9. The SMILES string of the molecule is COc1ccc(-c2c/c(=N\c3[nH+]c(C(C)=O)c(C)s3)c3cc(C)ccc3o2)cc1OC.[O-][Cl+3]([O-])([O-])[O-]. The monoisotopic (exact) mass is 534 g/mol. The number of carbonyl (C=O) groups is 1. The lowest BCUT2D eigenvalue weighted by atomic mass is 10.1. The van der Waals surface area contributed by atoms with E-state index in [0.29, 0.717) is 28.1 Å². The summed E-state index contributed by atoms with van der Waals surface area (Å²) < 4.78 is 51.0. The minimum absolute atomic E-state index is 0.00928. The summed E-state index contributed by atoms with van der Waals surface area (Å²) in [6.45, 7) is 5.49. The smallest absolute Gasteiger partial charge is 0.381 e. The Balaban J connectivity index is 0.000000658. The first kappa shape index (κ1) is 27.3. The molecule has 1 N–H and O–H groups in total. The Hall–Kier alpha value is -3.32. The molecule has 0 radical (unpaired) electrons. The Morgan fingerprint density at radius 3 is 2.25 bits per heavy atom. The van der Waals surface area contributed by atoms with Gasteiger partial charge in [-0.2, -0.15) is 0 Å². The number of halogens is 1. The second-order valence-electron chi connectivity index (χ2n) is 7.57. The number of nitrogens with zero attached hydrogens (tertiary/aromatic N) is 1. The largest absolute Gasteiger partial charge is 0.493 e. The third kappa shape index (κ3) is 6.88. The summed E-state index contributed by atoms with van der Waals surface area (Å²) in [7, 11) is -1.74. The van der Waals surface area contributed by atoms with E-state index in [1.165, 1.54) is 11.3 Å². The van der Waals surface area contributed by atoms with Crippen molar-refractivity contribution in [1.29, 1.82) is 0 Å². The lowest BCUT2D eigenvalue weighted by molar-refractivity contribution is -2.00. The summed E-state index contributed by atoms with van der Waals surface area (Å²) in [5.74, 6) is 1.90. The second kappa shape index (κ2) is 11.2. The minimum atomic E-state index is -4.94. The van der Waals surface area contributed by atoms with E-state index in [2.05, 4.69) is 4.98 Å². The molecule has 190 valence electrons. The number of H-pyrrole nitrogens is 1. The predicted octanol–water partition coefficient (Wildman–Crippen LogP) is 0.288. The molecular weight excluding hydrogens is 512 g/mol. The summed E-state index contributed by atoms with van der Waals surface area (Å²) in [6, 6.07) is 13.5. The number of ether oxygens (including phenoxy) is 2. The van der Waals surface area contributed by atoms with Crippen molar-refractivity contribution in [1.82, 2.24) is 0 Å². The minimum Gasteiger partial charge on any atom is -0.493 e. The molecule has 0 amide bonds. The molecular formula is C24H23ClN2O8S. The van der Waals surface area contributed by atoms with Crippen LogP contribution < -0.4 is 38.5 Å². The van der Waals surface area contributed by atoms with Crippen LogP contribution in [0.5, 0.6) is 11.5 Å². The Morgan fingerprint density at radius 2 is 1.67 bits per heavy atom. The van der Waals surface area contributed by atoms with Crippen LogP contribution in [0.3, 0.4) is 0 Å². The Bertz CT molecular complexity index is 1470. The molecule has 12 heteroatoms. The van der Waals surface area contributed by atoms with Crippen LogP contribution in [0.2, 0.25) is 0 Å². The number of rotatable bonds is 5. The van der Waals surface area contributed by atoms with Crippen molar-refractivity contribution in [3.63, 3.8) is 0 Å². The predicted molar refractivity (Wildman–Crippen MR) is 120 cm³/mol. The molecule has 4 aromatic rings. The van der Waals surface area contributed by atoms with E-state index in [1.807, 2.05) is 56.3 Å². The number of benzene rings is 2. The third-order valence-electron chi connectivity index (χ3n) is 4.97. The van der Waals surface area contributed by atoms with Crippen molar-refractivity contribution in [2.75, 3.05) is 14.2 Å². The summed E-state index contributed by atoms with van der Waals surface area (Å²) in [4.78, 5) is 20.7. The molecule has 0 saturated carbocycles. The van der Waals surface area contributed by atoms with E-state index >= 15 is 0 Å². The summed E-state index contributed by atoms with van der Waals surface area (Å²) in [5.41, 5.74) is 3.25. The average Bonchev–Trinajstić information content (AvgIpc) is 3.17. The third-order valence-corrected chi connectivity index (χ3v) is 5.87. The van der Waals surface area contributed by atoms with E-state index < -0.39 is 10.2 Å². The quantitative estimate of drug-likeness (QED) is 0.329. The highest BCUT2D eigenvalue weighted by atomic mass is 35.7. The van der Waals surface area contributed by atoms with Crippen molar-refractivity contribution in [2.24, 2.45) is 4.99 Å². The van der Waals surface area contributed by atoms with E-state index in [4.69, 9.17) is 37.5 Å². The molecule has 0 saturated heterocycles. The summed E-state index contributed by atoms with van der Waals surface area (Å²) in [6.07, 6.45) is 0. The Labute approximate surface area is 212 Å². The van der Waals surface area contributed by atoms with Crippen LogP contribution >= 0.6 is 11.3 Å². The molecule has 4 rings (SSSR count). The van der Waals surface area contributed by atoms with Gasteiger partial charge >= 0.3 is 5.13 Å². The molecule has 0 atom stereocenters. The van der Waals surface area contributed by atoms with Gasteiger partial charge in [0, 0.05) is 18.6 Å². The maximum Gasteiger partial charge on any atom is 0.381 e. The van der Waals surface area contributed by atoms with E-state index in [-0.39, 0.29) is 5.78 Å². The Kier molecular flexibility index (Phi) is 8.46. The van der Waals surface area contributed by atoms with Crippen molar-refractivity contribution < 1.29 is 52.5 Å². The van der Waals surface area contributed by atoms with Crippen LogP contribution in [0, 0.1) is 24.1 Å². The molecule has 2 aromatic carbocycles. The number of ketones is 1. The van der Waals surface area contributed by atoms with E-state index in [9.17, 15) is 4.79 Å². The number of aryl methyl sites for hydroxylation is 2. The number of hydrogen-bond donors (Lipinski definition) is 0. The fourth-order valence-corrected chi connectivity index (χ4v) is 4.30. The van der Waals surface area contributed by atoms with Gasteiger partial charge in [-0.1, -0.05) is 11.6 Å². The topological polar surface area (TPSA) is 167 Å². The number of Topliss-reactive ketones (excluding diaryl/α,β-unsaturated/α-hetero) is 1. The second-order valence-corrected chi connectivity index (χ2v) is 9.53. The van der Waals surface area contributed by atoms with Gasteiger partial charge in [-0.15, -0.1) is 10.2 Å². The molecule has 10 nitrogen and oxygen atoms in total. The molecule has 0 aliphatic rings. The van der Waals surface area contributed by atoms with Crippen LogP contribution in [0.1, 0.15) is 27.9 Å².